The Bertz CT molecular complexity index is 906. The fourth-order valence-electron chi connectivity index (χ4n) is 3.25. The van der Waals surface area contributed by atoms with Crippen LogP contribution < -0.4 is 4.74 Å². The molecule has 0 unspecified atom stereocenters. The van der Waals surface area contributed by atoms with Crippen molar-refractivity contribution in [3.05, 3.63) is 60.2 Å². The van der Waals surface area contributed by atoms with Crippen LogP contribution in [0, 0.1) is 0 Å². The Morgan fingerprint density at radius 1 is 1.00 bits per heavy atom. The van der Waals surface area contributed by atoms with Crippen LogP contribution in [0.2, 0.25) is 0 Å². The Kier molecular flexibility index (Phi) is 8.49. The predicted molar refractivity (Wildman–Crippen MR) is 116 cm³/mol. The molecule has 0 aromatic heterocycles. The van der Waals surface area contributed by atoms with Crippen molar-refractivity contribution in [2.24, 2.45) is 0 Å². The van der Waals surface area contributed by atoms with Crippen LogP contribution in [0.3, 0.4) is 0 Å². The van der Waals surface area contributed by atoms with Crippen LogP contribution in [0.15, 0.2) is 59.5 Å². The van der Waals surface area contributed by atoms with Gasteiger partial charge in [0.15, 0.2) is 9.84 Å². The lowest BCUT2D eigenvalue weighted by molar-refractivity contribution is 0.0760. The van der Waals surface area contributed by atoms with Crippen molar-refractivity contribution in [3.8, 4) is 5.75 Å². The summed E-state index contributed by atoms with van der Waals surface area (Å²) in [7, 11) is -3.33. The molecule has 0 bridgehead atoms. The second-order valence-electron chi connectivity index (χ2n) is 6.95. The van der Waals surface area contributed by atoms with E-state index in [0.717, 1.165) is 38.1 Å². The van der Waals surface area contributed by atoms with E-state index in [-0.39, 0.29) is 23.2 Å². The molecule has 6 nitrogen and oxygen atoms in total. The standard InChI is InChI=1S/C21H26N2O4S.ClH/c1-28(25,26)20-10-5-7-18(17-20)21(24)23-12-6-11-22(13-14-23)15-16-27-19-8-3-2-4-9-19;/h2-5,7-10,17H,6,11-16H2,1H3;1H. The van der Waals surface area contributed by atoms with Gasteiger partial charge in [-0.15, -0.1) is 12.4 Å². The first-order chi connectivity index (χ1) is 13.4. The van der Waals surface area contributed by atoms with Crippen molar-refractivity contribution in [3.63, 3.8) is 0 Å². The van der Waals surface area contributed by atoms with Crippen LogP contribution >= 0.6 is 12.4 Å². The molecule has 0 spiro atoms. The maximum atomic E-state index is 12.8. The molecule has 0 saturated carbocycles. The molecule has 1 aliphatic rings. The summed E-state index contributed by atoms with van der Waals surface area (Å²) in [5, 5.41) is 0. The maximum absolute atomic E-state index is 12.8. The Morgan fingerprint density at radius 2 is 1.76 bits per heavy atom. The van der Waals surface area contributed by atoms with Crippen molar-refractivity contribution in [2.45, 2.75) is 11.3 Å². The molecule has 0 atom stereocenters. The van der Waals surface area contributed by atoms with Gasteiger partial charge in [-0.3, -0.25) is 9.69 Å². The average molecular weight is 439 g/mol. The first kappa shape index (κ1) is 23.2. The van der Waals surface area contributed by atoms with Crippen molar-refractivity contribution < 1.29 is 17.9 Å². The van der Waals surface area contributed by atoms with Gasteiger partial charge in [0, 0.05) is 44.5 Å². The van der Waals surface area contributed by atoms with E-state index in [1.807, 2.05) is 30.3 Å². The topological polar surface area (TPSA) is 66.9 Å². The molecule has 1 amide bonds. The van der Waals surface area contributed by atoms with Crippen molar-refractivity contribution in [2.75, 3.05) is 45.6 Å². The summed E-state index contributed by atoms with van der Waals surface area (Å²) in [6.45, 7) is 4.38. The van der Waals surface area contributed by atoms with E-state index in [4.69, 9.17) is 4.74 Å². The number of carbonyl (C=O) groups excluding carboxylic acids is 1. The molecular weight excluding hydrogens is 412 g/mol. The lowest BCUT2D eigenvalue weighted by atomic mass is 10.2. The lowest BCUT2D eigenvalue weighted by Gasteiger charge is -2.22. The molecule has 1 saturated heterocycles. The van der Waals surface area contributed by atoms with E-state index >= 15 is 0 Å². The summed E-state index contributed by atoms with van der Waals surface area (Å²) in [6.07, 6.45) is 2.03. The van der Waals surface area contributed by atoms with Crippen LogP contribution in [-0.2, 0) is 9.84 Å². The smallest absolute Gasteiger partial charge is 0.253 e. The Balaban J connectivity index is 0.00000300. The molecule has 1 heterocycles. The number of para-hydroxylation sites is 1. The number of sulfone groups is 1. The lowest BCUT2D eigenvalue weighted by Crippen LogP contribution is -2.36. The van der Waals surface area contributed by atoms with E-state index in [1.165, 1.54) is 12.1 Å². The van der Waals surface area contributed by atoms with Gasteiger partial charge < -0.3 is 9.64 Å². The predicted octanol–water partition coefficient (Wildman–Crippen LogP) is 2.74. The fourth-order valence-corrected chi connectivity index (χ4v) is 3.92. The quantitative estimate of drug-likeness (QED) is 0.693. The highest BCUT2D eigenvalue weighted by Gasteiger charge is 2.21. The van der Waals surface area contributed by atoms with Crippen molar-refractivity contribution in [1.29, 1.82) is 0 Å². The van der Waals surface area contributed by atoms with Crippen LogP contribution in [0.4, 0.5) is 0 Å². The molecular formula is C21H27ClN2O4S. The highest BCUT2D eigenvalue weighted by molar-refractivity contribution is 7.90. The van der Waals surface area contributed by atoms with Gasteiger partial charge in [0.2, 0.25) is 0 Å². The largest absolute Gasteiger partial charge is 0.492 e. The van der Waals surface area contributed by atoms with Crippen LogP contribution in [-0.4, -0.2) is 69.7 Å². The van der Waals surface area contributed by atoms with E-state index in [0.29, 0.717) is 25.3 Å². The molecule has 8 heteroatoms. The van der Waals surface area contributed by atoms with Gasteiger partial charge in [0.1, 0.15) is 12.4 Å². The number of ether oxygens (including phenoxy) is 1. The number of halogens is 1. The van der Waals surface area contributed by atoms with Gasteiger partial charge in [-0.05, 0) is 36.8 Å². The second kappa shape index (κ2) is 10.6. The van der Waals surface area contributed by atoms with Crippen molar-refractivity contribution >= 4 is 28.2 Å². The first-order valence-electron chi connectivity index (χ1n) is 9.43. The zero-order chi connectivity index (χ0) is 20.0. The molecule has 0 aliphatic carbocycles. The van der Waals surface area contributed by atoms with Crippen molar-refractivity contribution in [1.82, 2.24) is 9.80 Å². The number of carbonyl (C=O) groups is 1. The molecule has 0 N–H and O–H groups in total. The summed E-state index contributed by atoms with van der Waals surface area (Å²) in [5.74, 6) is 0.743. The third kappa shape index (κ3) is 6.73. The van der Waals surface area contributed by atoms with E-state index in [1.54, 1.807) is 17.0 Å². The normalized spacial score (nSPS) is 15.3. The fraction of sp³-hybridized carbons (Fsp3) is 0.381. The van der Waals surface area contributed by atoms with Crippen LogP contribution in [0.25, 0.3) is 0 Å². The minimum Gasteiger partial charge on any atom is -0.492 e. The zero-order valence-electron chi connectivity index (χ0n) is 16.5. The molecule has 2 aromatic rings. The minimum atomic E-state index is -3.33. The third-order valence-electron chi connectivity index (χ3n) is 4.80. The van der Waals surface area contributed by atoms with Gasteiger partial charge in [-0.1, -0.05) is 24.3 Å². The summed E-state index contributed by atoms with van der Waals surface area (Å²) < 4.78 is 29.2. The molecule has 29 heavy (non-hydrogen) atoms. The summed E-state index contributed by atoms with van der Waals surface area (Å²) >= 11 is 0. The molecule has 158 valence electrons. The number of amides is 1. The highest BCUT2D eigenvalue weighted by atomic mass is 35.5. The van der Waals surface area contributed by atoms with Gasteiger partial charge in [-0.2, -0.15) is 0 Å². The SMILES string of the molecule is CS(=O)(=O)c1cccc(C(=O)N2CCCN(CCOc3ccccc3)CC2)c1.Cl. The molecule has 1 fully saturated rings. The van der Waals surface area contributed by atoms with Gasteiger partial charge in [0.05, 0.1) is 4.90 Å². The summed E-state index contributed by atoms with van der Waals surface area (Å²) in [5.41, 5.74) is 0.420. The molecule has 3 rings (SSSR count). The van der Waals surface area contributed by atoms with Gasteiger partial charge >= 0.3 is 0 Å². The maximum Gasteiger partial charge on any atom is 0.253 e. The Labute approximate surface area is 178 Å². The average Bonchev–Trinajstić information content (AvgIpc) is 2.93. The number of rotatable bonds is 6. The number of benzene rings is 2. The van der Waals surface area contributed by atoms with Gasteiger partial charge in [0.25, 0.3) is 5.91 Å². The van der Waals surface area contributed by atoms with E-state index in [9.17, 15) is 13.2 Å². The molecule has 0 radical (unpaired) electrons. The number of hydrogen-bond acceptors (Lipinski definition) is 5. The molecule has 2 aromatic carbocycles. The molecule has 1 aliphatic heterocycles. The number of nitrogens with zero attached hydrogens (tertiary/aromatic N) is 2. The second-order valence-corrected chi connectivity index (χ2v) is 8.96. The highest BCUT2D eigenvalue weighted by Crippen LogP contribution is 2.15. The first-order valence-corrected chi connectivity index (χ1v) is 11.3. The van der Waals surface area contributed by atoms with E-state index in [2.05, 4.69) is 4.90 Å². The minimum absolute atomic E-state index is 0. The zero-order valence-corrected chi connectivity index (χ0v) is 18.1. The summed E-state index contributed by atoms with van der Waals surface area (Å²) in [4.78, 5) is 17.1. The Hall–Kier alpha value is -2.09. The van der Waals surface area contributed by atoms with Crippen LogP contribution in [0.5, 0.6) is 5.75 Å². The van der Waals surface area contributed by atoms with Crippen LogP contribution in [0.1, 0.15) is 16.8 Å². The Morgan fingerprint density at radius 3 is 2.48 bits per heavy atom. The summed E-state index contributed by atoms with van der Waals surface area (Å²) in [6, 6.07) is 16.0. The number of hydrogen-bond donors (Lipinski definition) is 0. The van der Waals surface area contributed by atoms with E-state index < -0.39 is 9.84 Å². The third-order valence-corrected chi connectivity index (χ3v) is 5.91. The van der Waals surface area contributed by atoms with Gasteiger partial charge in [-0.25, -0.2) is 8.42 Å². The monoisotopic (exact) mass is 438 g/mol.